The van der Waals surface area contributed by atoms with Gasteiger partial charge in [0.25, 0.3) is 6.43 Å². The van der Waals surface area contributed by atoms with Gasteiger partial charge in [0.1, 0.15) is 18.2 Å². The van der Waals surface area contributed by atoms with Gasteiger partial charge in [-0.15, -0.1) is 0 Å². The molecule has 4 rings (SSSR count). The number of benzene rings is 2. The summed E-state index contributed by atoms with van der Waals surface area (Å²) in [4.78, 5) is 7.88. The molecule has 0 bridgehead atoms. The number of alkyl halides is 2. The van der Waals surface area contributed by atoms with Gasteiger partial charge in [0.2, 0.25) is 0 Å². The van der Waals surface area contributed by atoms with Crippen LogP contribution in [0.15, 0.2) is 42.5 Å². The van der Waals surface area contributed by atoms with Gasteiger partial charge in [0.05, 0.1) is 12.1 Å². The maximum atomic E-state index is 13.0. The predicted octanol–water partition coefficient (Wildman–Crippen LogP) is 4.55. The van der Waals surface area contributed by atoms with E-state index in [0.29, 0.717) is 24.5 Å². The van der Waals surface area contributed by atoms with Crippen molar-refractivity contribution in [3.8, 4) is 5.75 Å². The standard InChI is InChI=1S/C20H19F2N3O/c21-18(22)20-24-17-7-2-1-6-16(17)19(25-20)23-10-11-26-15-9-8-13-4-3-5-14(13)12-15/h1-2,6-9,12,18H,3-5,10-11H2,(H,23,24,25). The highest BCUT2D eigenvalue weighted by Gasteiger charge is 2.15. The highest BCUT2D eigenvalue weighted by molar-refractivity contribution is 5.88. The fraction of sp³-hybridized carbons (Fsp3) is 0.300. The summed E-state index contributed by atoms with van der Waals surface area (Å²) in [5.41, 5.74) is 3.26. The molecule has 26 heavy (non-hydrogen) atoms. The predicted molar refractivity (Wildman–Crippen MR) is 96.9 cm³/mol. The number of hydrogen-bond donors (Lipinski definition) is 1. The molecule has 0 aliphatic heterocycles. The highest BCUT2D eigenvalue weighted by Crippen LogP contribution is 2.26. The Bertz CT molecular complexity index is 930. The summed E-state index contributed by atoms with van der Waals surface area (Å²) in [6, 6.07) is 13.3. The highest BCUT2D eigenvalue weighted by atomic mass is 19.3. The Morgan fingerprint density at radius 2 is 1.88 bits per heavy atom. The molecule has 134 valence electrons. The van der Waals surface area contributed by atoms with E-state index in [4.69, 9.17) is 4.74 Å². The van der Waals surface area contributed by atoms with Gasteiger partial charge in [-0.2, -0.15) is 0 Å². The molecule has 0 spiro atoms. The van der Waals surface area contributed by atoms with Gasteiger partial charge in [-0.3, -0.25) is 0 Å². The first-order chi connectivity index (χ1) is 12.7. The van der Waals surface area contributed by atoms with E-state index in [1.54, 1.807) is 12.1 Å². The molecule has 0 fully saturated rings. The lowest BCUT2D eigenvalue weighted by atomic mass is 10.1. The van der Waals surface area contributed by atoms with Crippen molar-refractivity contribution in [1.82, 2.24) is 9.97 Å². The van der Waals surface area contributed by atoms with Gasteiger partial charge >= 0.3 is 0 Å². The molecule has 0 atom stereocenters. The van der Waals surface area contributed by atoms with Crippen molar-refractivity contribution < 1.29 is 13.5 Å². The lowest BCUT2D eigenvalue weighted by Gasteiger charge is -2.12. The van der Waals surface area contributed by atoms with Crippen LogP contribution in [0.3, 0.4) is 0 Å². The van der Waals surface area contributed by atoms with Crippen molar-refractivity contribution >= 4 is 16.7 Å². The number of nitrogens with one attached hydrogen (secondary N) is 1. The summed E-state index contributed by atoms with van der Waals surface area (Å²) in [7, 11) is 0. The molecule has 1 aliphatic rings. The number of rotatable bonds is 6. The molecule has 1 N–H and O–H groups in total. The first-order valence-electron chi connectivity index (χ1n) is 8.74. The zero-order valence-corrected chi connectivity index (χ0v) is 14.2. The first kappa shape index (κ1) is 16.7. The number of ether oxygens (including phenoxy) is 1. The van der Waals surface area contributed by atoms with E-state index >= 15 is 0 Å². The molecular formula is C20H19F2N3O. The monoisotopic (exact) mass is 355 g/mol. The molecule has 0 unspecified atom stereocenters. The molecule has 2 aromatic carbocycles. The third-order valence-corrected chi connectivity index (χ3v) is 4.55. The number of anilines is 1. The minimum absolute atomic E-state index is 0.406. The topological polar surface area (TPSA) is 47.0 Å². The minimum atomic E-state index is -2.71. The van der Waals surface area contributed by atoms with Crippen molar-refractivity contribution in [3.05, 3.63) is 59.4 Å². The Hall–Kier alpha value is -2.76. The summed E-state index contributed by atoms with van der Waals surface area (Å²) < 4.78 is 31.8. The fourth-order valence-electron chi connectivity index (χ4n) is 3.30. The molecule has 0 saturated heterocycles. The third-order valence-electron chi connectivity index (χ3n) is 4.55. The number of aromatic nitrogens is 2. The zero-order valence-electron chi connectivity index (χ0n) is 14.2. The lowest BCUT2D eigenvalue weighted by Crippen LogP contribution is -2.14. The Morgan fingerprint density at radius 1 is 1.04 bits per heavy atom. The van der Waals surface area contributed by atoms with Crippen LogP contribution in [0.4, 0.5) is 14.6 Å². The van der Waals surface area contributed by atoms with E-state index in [9.17, 15) is 8.78 Å². The Labute approximate surface area is 150 Å². The molecule has 1 heterocycles. The second kappa shape index (κ2) is 7.23. The van der Waals surface area contributed by atoms with Crippen molar-refractivity contribution in [1.29, 1.82) is 0 Å². The molecule has 0 amide bonds. The van der Waals surface area contributed by atoms with E-state index in [1.165, 1.54) is 17.5 Å². The van der Waals surface area contributed by atoms with Crippen molar-refractivity contribution in [2.24, 2.45) is 0 Å². The van der Waals surface area contributed by atoms with Crippen LogP contribution in [-0.4, -0.2) is 23.1 Å². The molecule has 0 saturated carbocycles. The summed E-state index contributed by atoms with van der Waals surface area (Å²) in [5, 5.41) is 3.81. The van der Waals surface area contributed by atoms with E-state index in [2.05, 4.69) is 27.4 Å². The second-order valence-electron chi connectivity index (χ2n) is 6.31. The maximum Gasteiger partial charge on any atom is 0.297 e. The summed E-state index contributed by atoms with van der Waals surface area (Å²) in [6.07, 6.45) is 0.745. The van der Waals surface area contributed by atoms with Crippen molar-refractivity contribution in [2.75, 3.05) is 18.5 Å². The molecule has 1 aliphatic carbocycles. The van der Waals surface area contributed by atoms with E-state index in [1.807, 2.05) is 18.2 Å². The fourth-order valence-corrected chi connectivity index (χ4v) is 3.30. The molecule has 4 nitrogen and oxygen atoms in total. The Morgan fingerprint density at radius 3 is 2.77 bits per heavy atom. The van der Waals surface area contributed by atoms with Gasteiger partial charge < -0.3 is 10.1 Å². The van der Waals surface area contributed by atoms with Crippen LogP contribution >= 0.6 is 0 Å². The molecule has 3 aromatic rings. The first-order valence-corrected chi connectivity index (χ1v) is 8.74. The van der Waals surface area contributed by atoms with Crippen LogP contribution in [-0.2, 0) is 12.8 Å². The number of halogens is 2. The van der Waals surface area contributed by atoms with Crippen LogP contribution in [0.1, 0.15) is 29.8 Å². The normalized spacial score (nSPS) is 13.2. The van der Waals surface area contributed by atoms with Gasteiger partial charge in [0, 0.05) is 5.39 Å². The summed E-state index contributed by atoms with van der Waals surface area (Å²) in [6.45, 7) is 0.877. The van der Waals surface area contributed by atoms with E-state index in [0.717, 1.165) is 24.0 Å². The zero-order chi connectivity index (χ0) is 17.9. The number of nitrogens with zero attached hydrogens (tertiary/aromatic N) is 2. The van der Waals surface area contributed by atoms with Gasteiger partial charge in [-0.05, 0) is 54.7 Å². The summed E-state index contributed by atoms with van der Waals surface area (Å²) in [5.74, 6) is 0.780. The summed E-state index contributed by atoms with van der Waals surface area (Å²) >= 11 is 0. The van der Waals surface area contributed by atoms with Crippen LogP contribution in [0, 0.1) is 0 Å². The average molecular weight is 355 g/mol. The van der Waals surface area contributed by atoms with Gasteiger partial charge in [-0.25, -0.2) is 18.7 Å². The van der Waals surface area contributed by atoms with Gasteiger partial charge in [-0.1, -0.05) is 18.2 Å². The minimum Gasteiger partial charge on any atom is -0.492 e. The van der Waals surface area contributed by atoms with Crippen LogP contribution in [0.2, 0.25) is 0 Å². The second-order valence-corrected chi connectivity index (χ2v) is 6.31. The average Bonchev–Trinajstić information content (AvgIpc) is 3.12. The Balaban J connectivity index is 1.43. The molecule has 6 heteroatoms. The van der Waals surface area contributed by atoms with Gasteiger partial charge in [0.15, 0.2) is 5.82 Å². The SMILES string of the molecule is FC(F)c1nc(NCCOc2ccc3c(c2)CCC3)c2ccccc2n1. The number of aryl methyl sites for hydroxylation is 2. The van der Waals surface area contributed by atoms with E-state index < -0.39 is 12.2 Å². The smallest absolute Gasteiger partial charge is 0.297 e. The Kier molecular flexibility index (Phi) is 4.65. The number of fused-ring (bicyclic) bond motifs is 2. The third kappa shape index (κ3) is 3.45. The number of hydrogen-bond acceptors (Lipinski definition) is 4. The molecule has 0 radical (unpaired) electrons. The van der Waals surface area contributed by atoms with E-state index in [-0.39, 0.29) is 0 Å². The quantitative estimate of drug-likeness (QED) is 0.659. The largest absolute Gasteiger partial charge is 0.492 e. The van der Waals surface area contributed by atoms with Crippen LogP contribution in [0.25, 0.3) is 10.9 Å². The molecular weight excluding hydrogens is 336 g/mol. The van der Waals surface area contributed by atoms with Crippen molar-refractivity contribution in [3.63, 3.8) is 0 Å². The molecule has 1 aromatic heterocycles. The van der Waals surface area contributed by atoms with Crippen LogP contribution < -0.4 is 10.1 Å². The van der Waals surface area contributed by atoms with Crippen molar-refractivity contribution in [2.45, 2.75) is 25.7 Å². The van der Waals surface area contributed by atoms with Crippen LogP contribution in [0.5, 0.6) is 5.75 Å². The number of para-hydroxylation sites is 1. The lowest BCUT2D eigenvalue weighted by molar-refractivity contribution is 0.141. The maximum absolute atomic E-state index is 13.0.